The van der Waals surface area contributed by atoms with Crippen molar-refractivity contribution in [3.05, 3.63) is 35.4 Å². The minimum absolute atomic E-state index is 0.0419. The van der Waals surface area contributed by atoms with Gasteiger partial charge in [-0.1, -0.05) is 0 Å². The third kappa shape index (κ3) is 2.63. The van der Waals surface area contributed by atoms with E-state index in [0.29, 0.717) is 5.56 Å². The molecule has 0 fully saturated rings. The van der Waals surface area contributed by atoms with E-state index in [1.165, 1.54) is 18.2 Å². The largest absolute Gasteiger partial charge is 0.508 e. The SMILES string of the molecule is O=COc1c(O)cc(C2Oc3cc(O)cc(O)c3CC2O)cc1O. The molecular weight excluding hydrogens is 320 g/mol. The lowest BCUT2D eigenvalue weighted by Crippen LogP contribution is -2.30. The van der Waals surface area contributed by atoms with E-state index in [1.54, 1.807) is 0 Å². The predicted molar refractivity (Wildman–Crippen MR) is 79.3 cm³/mol. The van der Waals surface area contributed by atoms with Crippen LogP contribution < -0.4 is 9.47 Å². The summed E-state index contributed by atoms with van der Waals surface area (Å²) in [5.74, 6) is -1.65. The lowest BCUT2D eigenvalue weighted by molar-refractivity contribution is -0.120. The molecule has 0 aromatic heterocycles. The lowest BCUT2D eigenvalue weighted by atomic mass is 9.93. The molecule has 8 nitrogen and oxygen atoms in total. The smallest absolute Gasteiger partial charge is 0.298 e. The summed E-state index contributed by atoms with van der Waals surface area (Å²) in [6.45, 7) is 0.0577. The van der Waals surface area contributed by atoms with Gasteiger partial charge in [-0.3, -0.25) is 4.79 Å². The van der Waals surface area contributed by atoms with Crippen LogP contribution in [0.1, 0.15) is 17.2 Å². The molecule has 2 unspecified atom stereocenters. The van der Waals surface area contributed by atoms with Crippen molar-refractivity contribution >= 4 is 6.47 Å². The van der Waals surface area contributed by atoms with Crippen LogP contribution in [0.2, 0.25) is 0 Å². The summed E-state index contributed by atoms with van der Waals surface area (Å²) in [4.78, 5) is 10.4. The number of ether oxygens (including phenoxy) is 2. The summed E-state index contributed by atoms with van der Waals surface area (Å²) in [6, 6.07) is 4.79. The minimum Gasteiger partial charge on any atom is -0.508 e. The Bertz CT molecular complexity index is 778. The van der Waals surface area contributed by atoms with Gasteiger partial charge in [0, 0.05) is 29.7 Å². The zero-order chi connectivity index (χ0) is 17.4. The van der Waals surface area contributed by atoms with E-state index < -0.39 is 29.5 Å². The molecule has 0 amide bonds. The topological polar surface area (TPSA) is 137 Å². The van der Waals surface area contributed by atoms with Crippen molar-refractivity contribution in [3.8, 4) is 34.5 Å². The molecule has 24 heavy (non-hydrogen) atoms. The second-order valence-corrected chi connectivity index (χ2v) is 5.35. The van der Waals surface area contributed by atoms with Crippen molar-refractivity contribution in [3.63, 3.8) is 0 Å². The summed E-state index contributed by atoms with van der Waals surface area (Å²) in [5.41, 5.74) is 0.565. The van der Waals surface area contributed by atoms with E-state index in [2.05, 4.69) is 4.74 Å². The van der Waals surface area contributed by atoms with E-state index in [1.807, 2.05) is 0 Å². The van der Waals surface area contributed by atoms with Gasteiger partial charge in [0.2, 0.25) is 5.75 Å². The highest BCUT2D eigenvalue weighted by Gasteiger charge is 2.33. The Labute approximate surface area is 135 Å². The Morgan fingerprint density at radius 2 is 1.71 bits per heavy atom. The number of phenols is 4. The second kappa shape index (κ2) is 5.82. The Kier molecular flexibility index (Phi) is 3.82. The molecule has 1 aliphatic rings. The molecular formula is C16H14O8. The Morgan fingerprint density at radius 3 is 2.33 bits per heavy atom. The van der Waals surface area contributed by atoms with E-state index in [0.717, 1.165) is 6.07 Å². The number of hydrogen-bond donors (Lipinski definition) is 5. The molecule has 1 aliphatic heterocycles. The van der Waals surface area contributed by atoms with Crippen LogP contribution in [0.3, 0.4) is 0 Å². The quantitative estimate of drug-likeness (QED) is 0.526. The molecule has 0 bridgehead atoms. The third-order valence-electron chi connectivity index (χ3n) is 3.75. The lowest BCUT2D eigenvalue weighted by Gasteiger charge is -2.31. The number of phenolic OH excluding ortho intramolecular Hbond substituents is 4. The first-order chi connectivity index (χ1) is 11.4. The molecule has 0 radical (unpaired) electrons. The molecule has 5 N–H and O–H groups in total. The maximum atomic E-state index is 10.4. The van der Waals surface area contributed by atoms with Crippen LogP contribution in [0, 0.1) is 0 Å². The molecule has 2 aromatic rings. The molecule has 8 heteroatoms. The fraction of sp³-hybridized carbons (Fsp3) is 0.188. The third-order valence-corrected chi connectivity index (χ3v) is 3.75. The maximum Gasteiger partial charge on any atom is 0.298 e. The highest BCUT2D eigenvalue weighted by atomic mass is 16.5. The first-order valence-electron chi connectivity index (χ1n) is 6.96. The van der Waals surface area contributed by atoms with Crippen molar-refractivity contribution in [2.24, 2.45) is 0 Å². The van der Waals surface area contributed by atoms with Gasteiger partial charge >= 0.3 is 0 Å². The van der Waals surface area contributed by atoms with E-state index in [4.69, 9.17) is 4.74 Å². The summed E-state index contributed by atoms with van der Waals surface area (Å²) in [5, 5.41) is 49.3. The molecule has 3 rings (SSSR count). The first kappa shape index (κ1) is 15.8. The molecule has 126 valence electrons. The van der Waals surface area contributed by atoms with E-state index >= 15 is 0 Å². The zero-order valence-corrected chi connectivity index (χ0v) is 12.2. The normalized spacial score (nSPS) is 19.2. The first-order valence-corrected chi connectivity index (χ1v) is 6.96. The van der Waals surface area contributed by atoms with Gasteiger partial charge in [0.1, 0.15) is 17.2 Å². The fourth-order valence-electron chi connectivity index (χ4n) is 2.70. The van der Waals surface area contributed by atoms with Gasteiger partial charge < -0.3 is 35.0 Å². The predicted octanol–water partition coefficient (Wildman–Crippen LogP) is 1.08. The van der Waals surface area contributed by atoms with Crippen LogP contribution in [0.15, 0.2) is 24.3 Å². The second-order valence-electron chi connectivity index (χ2n) is 5.35. The van der Waals surface area contributed by atoms with Crippen LogP contribution in [0.5, 0.6) is 34.5 Å². The number of benzene rings is 2. The standard InChI is InChI=1S/C16H14O8/c17-6-23-16-11(20)1-7(2-12(16)21)15-13(22)5-9-10(19)3-8(18)4-14(9)24-15/h1-4,6,13,15,18-22H,5H2. The van der Waals surface area contributed by atoms with E-state index in [9.17, 15) is 30.3 Å². The summed E-state index contributed by atoms with van der Waals surface area (Å²) in [7, 11) is 0. The van der Waals surface area contributed by atoms with Crippen LogP contribution >= 0.6 is 0 Å². The van der Waals surface area contributed by atoms with Crippen LogP contribution in [0.4, 0.5) is 0 Å². The molecule has 0 aliphatic carbocycles. The number of hydrogen-bond acceptors (Lipinski definition) is 8. The minimum atomic E-state index is -1.08. The van der Waals surface area contributed by atoms with Gasteiger partial charge in [-0.05, 0) is 12.1 Å². The van der Waals surface area contributed by atoms with Crippen molar-refractivity contribution < 1.29 is 39.8 Å². The monoisotopic (exact) mass is 334 g/mol. The zero-order valence-electron chi connectivity index (χ0n) is 12.2. The number of carbonyl (C=O) groups is 1. The Morgan fingerprint density at radius 1 is 1.04 bits per heavy atom. The summed E-state index contributed by atoms with van der Waals surface area (Å²) < 4.78 is 10.1. The fourth-order valence-corrected chi connectivity index (χ4v) is 2.70. The van der Waals surface area contributed by atoms with Gasteiger partial charge in [0.05, 0.1) is 6.10 Å². The molecule has 0 spiro atoms. The van der Waals surface area contributed by atoms with Crippen molar-refractivity contribution in [1.82, 2.24) is 0 Å². The average Bonchev–Trinajstić information content (AvgIpc) is 2.51. The van der Waals surface area contributed by atoms with Crippen LogP contribution in [-0.2, 0) is 11.2 Å². The average molecular weight is 334 g/mol. The van der Waals surface area contributed by atoms with Crippen molar-refractivity contribution in [2.75, 3.05) is 0 Å². The highest BCUT2D eigenvalue weighted by molar-refractivity contribution is 5.59. The number of aliphatic hydroxyl groups excluding tert-OH is 1. The Balaban J connectivity index is 2.00. The summed E-state index contributed by atoms with van der Waals surface area (Å²) in [6.07, 6.45) is -2.01. The van der Waals surface area contributed by atoms with Crippen molar-refractivity contribution in [1.29, 1.82) is 0 Å². The number of aromatic hydroxyl groups is 4. The summed E-state index contributed by atoms with van der Waals surface area (Å²) >= 11 is 0. The number of aliphatic hydroxyl groups is 1. The van der Waals surface area contributed by atoms with Gasteiger partial charge in [-0.15, -0.1) is 0 Å². The number of fused-ring (bicyclic) bond motifs is 1. The van der Waals surface area contributed by atoms with Gasteiger partial charge in [-0.25, -0.2) is 0 Å². The molecule has 0 saturated heterocycles. The van der Waals surface area contributed by atoms with Crippen LogP contribution in [-0.4, -0.2) is 38.1 Å². The van der Waals surface area contributed by atoms with Crippen LogP contribution in [0.25, 0.3) is 0 Å². The number of carbonyl (C=O) groups excluding carboxylic acids is 1. The molecule has 0 saturated carbocycles. The van der Waals surface area contributed by atoms with Crippen molar-refractivity contribution in [2.45, 2.75) is 18.6 Å². The maximum absolute atomic E-state index is 10.4. The van der Waals surface area contributed by atoms with E-state index in [-0.39, 0.29) is 35.7 Å². The van der Waals surface area contributed by atoms with Gasteiger partial charge in [-0.2, -0.15) is 0 Å². The van der Waals surface area contributed by atoms with Gasteiger partial charge in [0.25, 0.3) is 6.47 Å². The molecule has 2 aromatic carbocycles. The number of rotatable bonds is 3. The van der Waals surface area contributed by atoms with Gasteiger partial charge in [0.15, 0.2) is 17.6 Å². The Hall–Kier alpha value is -3.13. The molecule has 2 atom stereocenters. The molecule has 1 heterocycles. The highest BCUT2D eigenvalue weighted by Crippen LogP contribution is 2.44.